The van der Waals surface area contributed by atoms with Crippen molar-refractivity contribution in [2.45, 2.75) is 114 Å². The zero-order valence-electron chi connectivity index (χ0n) is 27.2. The molecule has 4 amide bonds. The summed E-state index contributed by atoms with van der Waals surface area (Å²) in [5.74, 6) is -1.67. The monoisotopic (exact) mass is 664 g/mol. The van der Waals surface area contributed by atoms with Crippen LogP contribution in [0.5, 0.6) is 5.75 Å². The number of likely N-dealkylation sites (N-methyl/N-ethyl adjacent to an activating group) is 1. The van der Waals surface area contributed by atoms with E-state index in [0.29, 0.717) is 31.4 Å². The molecule has 0 spiro atoms. The van der Waals surface area contributed by atoms with Crippen molar-refractivity contribution in [3.63, 3.8) is 0 Å². The van der Waals surface area contributed by atoms with Crippen LogP contribution in [0.4, 0.5) is 0 Å². The van der Waals surface area contributed by atoms with Crippen LogP contribution in [0, 0.1) is 5.92 Å². The van der Waals surface area contributed by atoms with Gasteiger partial charge in [0.2, 0.25) is 23.5 Å². The maximum atomic E-state index is 13.9. The number of carbonyl (C=O) groups excluding carboxylic acids is 5. The standard InChI is InChI=1S/C33H52N4O6S2/c1-5-34-31(41)29(39)26(21-23-13-15-24(43-4)16-14-23)35-30(40)28(22(2)3)36-32(42)33(18-9-6-10-19-33)37-27(38)12-8-7-11-25(45)17-20-44/h13-16,22,25-26,28,44-45H,5-12,17-21H2,1-4H3,(H,34,41)(H,35,40)(H,36,42)(H,37,38)/t25?,26-,28-/m0/s1. The van der Waals surface area contributed by atoms with Crippen LogP contribution in [-0.4, -0.2) is 71.7 Å². The molecule has 2 rings (SSSR count). The van der Waals surface area contributed by atoms with Crippen molar-refractivity contribution in [1.82, 2.24) is 21.3 Å². The van der Waals surface area contributed by atoms with E-state index >= 15 is 0 Å². The summed E-state index contributed by atoms with van der Waals surface area (Å²) in [5, 5.41) is 11.4. The van der Waals surface area contributed by atoms with Gasteiger partial charge in [-0.25, -0.2) is 0 Å². The van der Waals surface area contributed by atoms with Gasteiger partial charge in [0, 0.05) is 24.6 Å². The molecule has 45 heavy (non-hydrogen) atoms. The van der Waals surface area contributed by atoms with Crippen LogP contribution in [0.15, 0.2) is 24.3 Å². The predicted octanol–water partition coefficient (Wildman–Crippen LogP) is 3.57. The molecule has 0 aromatic heterocycles. The van der Waals surface area contributed by atoms with Gasteiger partial charge in [-0.1, -0.05) is 51.7 Å². The number of thiol groups is 2. The van der Waals surface area contributed by atoms with Crippen LogP contribution in [0.1, 0.15) is 90.5 Å². The first-order valence-corrected chi connectivity index (χ1v) is 17.3. The Morgan fingerprint density at radius 2 is 1.62 bits per heavy atom. The molecule has 1 aliphatic carbocycles. The molecule has 252 valence electrons. The Morgan fingerprint density at radius 1 is 0.956 bits per heavy atom. The van der Waals surface area contributed by atoms with Crippen LogP contribution in [0.25, 0.3) is 0 Å². The number of carbonyl (C=O) groups is 5. The summed E-state index contributed by atoms with van der Waals surface area (Å²) in [5.41, 5.74) is -0.389. The molecule has 3 atom stereocenters. The molecule has 0 saturated heterocycles. The van der Waals surface area contributed by atoms with Crippen LogP contribution in [0.3, 0.4) is 0 Å². The summed E-state index contributed by atoms with van der Waals surface area (Å²) in [6.07, 6.45) is 7.22. The lowest BCUT2D eigenvalue weighted by Gasteiger charge is -2.38. The third-order valence-electron chi connectivity index (χ3n) is 8.20. The highest BCUT2D eigenvalue weighted by atomic mass is 32.1. The minimum atomic E-state index is -1.15. The average molecular weight is 665 g/mol. The van der Waals surface area contributed by atoms with Crippen molar-refractivity contribution in [3.05, 3.63) is 29.8 Å². The highest BCUT2D eigenvalue weighted by Gasteiger charge is 2.43. The third kappa shape index (κ3) is 12.5. The number of Topliss-reactive ketones (excluding diaryl/α,β-unsaturated/α-hetero) is 1. The van der Waals surface area contributed by atoms with Crippen LogP contribution in [0.2, 0.25) is 0 Å². The quantitative estimate of drug-likeness (QED) is 0.0759. The largest absolute Gasteiger partial charge is 0.497 e. The first-order chi connectivity index (χ1) is 21.5. The first kappa shape index (κ1) is 38.5. The summed E-state index contributed by atoms with van der Waals surface area (Å²) < 4.78 is 5.20. The molecule has 0 aliphatic heterocycles. The van der Waals surface area contributed by atoms with Gasteiger partial charge >= 0.3 is 0 Å². The molecule has 1 aliphatic rings. The number of unbranched alkanes of at least 4 members (excludes halogenated alkanes) is 1. The highest BCUT2D eigenvalue weighted by molar-refractivity contribution is 7.81. The van der Waals surface area contributed by atoms with E-state index < -0.39 is 41.1 Å². The summed E-state index contributed by atoms with van der Waals surface area (Å²) in [6, 6.07) is 4.86. The third-order valence-corrected chi connectivity index (χ3v) is 8.98. The number of amides is 4. The van der Waals surface area contributed by atoms with E-state index in [4.69, 9.17) is 4.74 Å². The molecule has 1 fully saturated rings. The lowest BCUT2D eigenvalue weighted by Crippen LogP contribution is -2.64. The highest BCUT2D eigenvalue weighted by Crippen LogP contribution is 2.29. The normalized spacial score (nSPS) is 16.2. The van der Waals surface area contributed by atoms with Crippen molar-refractivity contribution in [2.24, 2.45) is 5.92 Å². The van der Waals surface area contributed by atoms with E-state index in [0.717, 1.165) is 49.8 Å². The Balaban J connectivity index is 2.16. The maximum absolute atomic E-state index is 13.9. The number of ether oxygens (including phenoxy) is 1. The molecule has 4 N–H and O–H groups in total. The molecule has 1 aromatic carbocycles. The Hall–Kier alpha value is -2.73. The van der Waals surface area contributed by atoms with Gasteiger partial charge in [0.15, 0.2) is 0 Å². The molecule has 0 radical (unpaired) electrons. The van der Waals surface area contributed by atoms with Gasteiger partial charge in [-0.2, -0.15) is 25.3 Å². The van der Waals surface area contributed by atoms with Gasteiger partial charge in [-0.15, -0.1) is 0 Å². The molecule has 10 nitrogen and oxygen atoms in total. The fraction of sp³-hybridized carbons (Fsp3) is 0.667. The minimum Gasteiger partial charge on any atom is -0.497 e. The van der Waals surface area contributed by atoms with Crippen molar-refractivity contribution in [3.8, 4) is 5.75 Å². The van der Waals surface area contributed by atoms with E-state index in [1.165, 1.54) is 0 Å². The molecule has 1 saturated carbocycles. The molecule has 0 heterocycles. The summed E-state index contributed by atoms with van der Waals surface area (Å²) in [7, 11) is 1.55. The number of benzene rings is 1. The molecule has 1 unspecified atom stereocenters. The fourth-order valence-electron chi connectivity index (χ4n) is 5.54. The number of ketones is 1. The van der Waals surface area contributed by atoms with Crippen molar-refractivity contribution in [1.29, 1.82) is 0 Å². The molecule has 0 bridgehead atoms. The summed E-state index contributed by atoms with van der Waals surface area (Å²) in [6.45, 7) is 5.55. The Labute approximate surface area is 279 Å². The van der Waals surface area contributed by atoms with Crippen LogP contribution in [-0.2, 0) is 30.4 Å². The van der Waals surface area contributed by atoms with E-state index in [1.807, 2.05) is 0 Å². The smallest absolute Gasteiger partial charge is 0.289 e. The van der Waals surface area contributed by atoms with Crippen molar-refractivity contribution >= 4 is 54.7 Å². The van der Waals surface area contributed by atoms with Gasteiger partial charge in [-0.3, -0.25) is 24.0 Å². The van der Waals surface area contributed by atoms with Crippen LogP contribution >= 0.6 is 25.3 Å². The lowest BCUT2D eigenvalue weighted by atomic mass is 9.80. The lowest BCUT2D eigenvalue weighted by molar-refractivity contribution is -0.141. The summed E-state index contributed by atoms with van der Waals surface area (Å²) >= 11 is 8.79. The molecular formula is C33H52N4O6S2. The average Bonchev–Trinajstić information content (AvgIpc) is 3.01. The molecule has 1 aromatic rings. The predicted molar refractivity (Wildman–Crippen MR) is 183 cm³/mol. The van der Waals surface area contributed by atoms with E-state index in [1.54, 1.807) is 52.1 Å². The Kier molecular flexibility index (Phi) is 16.8. The Morgan fingerprint density at radius 3 is 2.20 bits per heavy atom. The van der Waals surface area contributed by atoms with Gasteiger partial charge in [0.05, 0.1) is 7.11 Å². The second kappa shape index (κ2) is 19.7. The number of rotatable bonds is 19. The number of hydrogen-bond acceptors (Lipinski definition) is 8. The minimum absolute atomic E-state index is 0.0765. The van der Waals surface area contributed by atoms with Crippen LogP contribution < -0.4 is 26.0 Å². The topological polar surface area (TPSA) is 143 Å². The Bertz CT molecular complexity index is 1120. The zero-order valence-corrected chi connectivity index (χ0v) is 28.9. The fourth-order valence-corrected chi connectivity index (χ4v) is 6.37. The second-order valence-corrected chi connectivity index (χ2v) is 13.3. The van der Waals surface area contributed by atoms with E-state index in [-0.39, 0.29) is 30.0 Å². The SMILES string of the molecule is CCNC(=O)C(=O)[C@H](Cc1ccc(OC)cc1)NC(=O)[C@@H](NC(=O)C1(NC(=O)CCCCC(S)CCS)CCCCC1)C(C)C. The van der Waals surface area contributed by atoms with Gasteiger partial charge < -0.3 is 26.0 Å². The van der Waals surface area contributed by atoms with E-state index in [9.17, 15) is 24.0 Å². The van der Waals surface area contributed by atoms with Gasteiger partial charge in [0.1, 0.15) is 23.4 Å². The van der Waals surface area contributed by atoms with E-state index in [2.05, 4.69) is 46.5 Å². The number of hydrogen-bond donors (Lipinski definition) is 6. The maximum Gasteiger partial charge on any atom is 0.289 e. The van der Waals surface area contributed by atoms with Gasteiger partial charge in [0.25, 0.3) is 5.91 Å². The summed E-state index contributed by atoms with van der Waals surface area (Å²) in [4.78, 5) is 66.2. The molecular weight excluding hydrogens is 613 g/mol. The first-order valence-electron chi connectivity index (χ1n) is 16.1. The zero-order chi connectivity index (χ0) is 33.4. The second-order valence-electron chi connectivity index (χ2n) is 12.1. The number of methoxy groups -OCH3 is 1. The number of nitrogens with one attached hydrogen (secondary N) is 4. The van der Waals surface area contributed by atoms with Crippen molar-refractivity contribution < 1.29 is 28.7 Å². The van der Waals surface area contributed by atoms with Crippen molar-refractivity contribution in [2.75, 3.05) is 19.4 Å². The molecule has 12 heteroatoms. The van der Waals surface area contributed by atoms with Gasteiger partial charge in [-0.05, 0) is 68.4 Å².